The molecule has 1 heterocycles. The van der Waals surface area contributed by atoms with Gasteiger partial charge in [0.15, 0.2) is 0 Å². The summed E-state index contributed by atoms with van der Waals surface area (Å²) in [6, 6.07) is 5.17. The fourth-order valence-electron chi connectivity index (χ4n) is 1.62. The zero-order valence-electron chi connectivity index (χ0n) is 9.53. The summed E-state index contributed by atoms with van der Waals surface area (Å²) in [7, 11) is 1.55. The first-order valence-electron chi connectivity index (χ1n) is 5.40. The van der Waals surface area contributed by atoms with Crippen LogP contribution in [0.3, 0.4) is 0 Å². The predicted molar refractivity (Wildman–Crippen MR) is 65.6 cm³/mol. The second-order valence-electron chi connectivity index (χ2n) is 4.01. The molecule has 1 aromatic rings. The molecule has 1 N–H and O–H groups in total. The zero-order valence-corrected chi connectivity index (χ0v) is 10.3. The van der Waals surface area contributed by atoms with Crippen LogP contribution in [-0.4, -0.2) is 26.2 Å². The molecule has 2 rings (SSSR count). The Morgan fingerprint density at radius 3 is 2.88 bits per heavy atom. The Hall–Kier alpha value is -1.26. The number of amides is 1. The number of ether oxygens (including phenoxy) is 2. The number of hydrogen-bond acceptors (Lipinski definition) is 3. The molecule has 0 spiro atoms. The molecule has 0 unspecified atom stereocenters. The highest BCUT2D eigenvalue weighted by molar-refractivity contribution is 6.32. The Labute approximate surface area is 105 Å². The molecular weight excluding hydrogens is 242 g/mol. The van der Waals surface area contributed by atoms with E-state index in [1.54, 1.807) is 25.3 Å². The van der Waals surface area contributed by atoms with Gasteiger partial charge in [0.1, 0.15) is 5.75 Å². The van der Waals surface area contributed by atoms with Crippen molar-refractivity contribution in [3.63, 3.8) is 0 Å². The maximum atomic E-state index is 11.6. The number of anilines is 1. The average molecular weight is 256 g/mol. The van der Waals surface area contributed by atoms with E-state index in [0.29, 0.717) is 42.0 Å². The van der Waals surface area contributed by atoms with Gasteiger partial charge < -0.3 is 14.8 Å². The minimum Gasteiger partial charge on any atom is -0.495 e. The van der Waals surface area contributed by atoms with Crippen LogP contribution in [-0.2, 0) is 9.53 Å². The van der Waals surface area contributed by atoms with Crippen LogP contribution in [0.5, 0.6) is 5.75 Å². The number of carbonyl (C=O) groups is 1. The van der Waals surface area contributed by atoms with Gasteiger partial charge >= 0.3 is 0 Å². The molecule has 1 amide bonds. The lowest BCUT2D eigenvalue weighted by atomic mass is 10.0. The predicted octanol–water partition coefficient (Wildman–Crippen LogP) is 2.32. The van der Waals surface area contributed by atoms with E-state index in [1.165, 1.54) is 0 Å². The van der Waals surface area contributed by atoms with Crippen molar-refractivity contribution in [2.75, 3.05) is 25.6 Å². The number of benzene rings is 1. The van der Waals surface area contributed by atoms with E-state index in [0.717, 1.165) is 0 Å². The quantitative estimate of drug-likeness (QED) is 0.898. The van der Waals surface area contributed by atoms with Gasteiger partial charge in [-0.3, -0.25) is 4.79 Å². The van der Waals surface area contributed by atoms with E-state index >= 15 is 0 Å². The second-order valence-corrected chi connectivity index (χ2v) is 4.41. The molecule has 0 bridgehead atoms. The first-order valence-corrected chi connectivity index (χ1v) is 5.78. The highest BCUT2D eigenvalue weighted by atomic mass is 35.5. The van der Waals surface area contributed by atoms with Gasteiger partial charge in [-0.1, -0.05) is 11.6 Å². The number of hydrogen-bond donors (Lipinski definition) is 1. The number of rotatable bonds is 4. The van der Waals surface area contributed by atoms with E-state index in [-0.39, 0.29) is 5.91 Å². The smallest absolute Gasteiger partial charge is 0.224 e. The highest BCUT2D eigenvalue weighted by Gasteiger charge is 2.21. The lowest BCUT2D eigenvalue weighted by Crippen LogP contribution is -2.31. The third kappa shape index (κ3) is 3.11. The van der Waals surface area contributed by atoms with Gasteiger partial charge in [-0.15, -0.1) is 0 Å². The van der Waals surface area contributed by atoms with Gasteiger partial charge in [0.25, 0.3) is 0 Å². The highest BCUT2D eigenvalue weighted by Crippen LogP contribution is 2.27. The van der Waals surface area contributed by atoms with Gasteiger partial charge in [0.05, 0.1) is 25.3 Å². The largest absolute Gasteiger partial charge is 0.495 e. The number of nitrogens with one attached hydrogen (secondary N) is 1. The van der Waals surface area contributed by atoms with Gasteiger partial charge in [0, 0.05) is 18.0 Å². The summed E-state index contributed by atoms with van der Waals surface area (Å²) in [6.45, 7) is 1.35. The molecule has 4 nitrogen and oxygen atoms in total. The number of methoxy groups -OCH3 is 1. The Balaban J connectivity index is 1.93. The van der Waals surface area contributed by atoms with Crippen LogP contribution in [0.2, 0.25) is 5.02 Å². The first kappa shape index (κ1) is 12.2. The summed E-state index contributed by atoms with van der Waals surface area (Å²) in [5.41, 5.74) is 0.682. The first-order chi connectivity index (χ1) is 8.19. The van der Waals surface area contributed by atoms with Crippen molar-refractivity contribution >= 4 is 23.2 Å². The van der Waals surface area contributed by atoms with Crippen molar-refractivity contribution in [1.82, 2.24) is 0 Å². The fourth-order valence-corrected chi connectivity index (χ4v) is 1.88. The lowest BCUT2D eigenvalue weighted by molar-refractivity contribution is -0.121. The van der Waals surface area contributed by atoms with E-state index in [1.807, 2.05) is 0 Å². The van der Waals surface area contributed by atoms with Crippen LogP contribution < -0.4 is 10.1 Å². The molecule has 5 heteroatoms. The van der Waals surface area contributed by atoms with Crippen molar-refractivity contribution in [1.29, 1.82) is 0 Å². The van der Waals surface area contributed by atoms with Gasteiger partial charge in [-0.05, 0) is 18.2 Å². The van der Waals surface area contributed by atoms with Crippen molar-refractivity contribution in [3.05, 3.63) is 23.2 Å². The fraction of sp³-hybridized carbons (Fsp3) is 0.417. The molecule has 0 aromatic heterocycles. The summed E-state index contributed by atoms with van der Waals surface area (Å²) >= 11 is 5.96. The van der Waals surface area contributed by atoms with Crippen LogP contribution >= 0.6 is 11.6 Å². The summed E-state index contributed by atoms with van der Waals surface area (Å²) in [4.78, 5) is 11.6. The molecule has 0 atom stereocenters. The standard InChI is InChI=1S/C12H14ClNO3/c1-16-11-3-2-9(5-10(11)13)14-12(15)4-8-6-17-7-8/h2-3,5,8H,4,6-7H2,1H3,(H,14,15). The van der Waals surface area contributed by atoms with Crippen LogP contribution in [0, 0.1) is 5.92 Å². The normalized spacial score (nSPS) is 15.2. The topological polar surface area (TPSA) is 47.6 Å². The Kier molecular flexibility index (Phi) is 3.86. The monoisotopic (exact) mass is 255 g/mol. The summed E-state index contributed by atoms with van der Waals surface area (Å²) < 4.78 is 10.1. The molecule has 0 radical (unpaired) electrons. The SMILES string of the molecule is COc1ccc(NC(=O)CC2COC2)cc1Cl. The van der Waals surface area contributed by atoms with E-state index in [9.17, 15) is 4.79 Å². The minimum atomic E-state index is -0.0143. The third-order valence-corrected chi connectivity index (χ3v) is 2.91. The molecule has 0 saturated carbocycles. The van der Waals surface area contributed by atoms with Gasteiger partial charge in [-0.25, -0.2) is 0 Å². The summed E-state index contributed by atoms with van der Waals surface area (Å²) in [5, 5.41) is 3.28. The van der Waals surface area contributed by atoms with E-state index < -0.39 is 0 Å². The van der Waals surface area contributed by atoms with Crippen LogP contribution in [0.1, 0.15) is 6.42 Å². The molecule has 17 heavy (non-hydrogen) atoms. The summed E-state index contributed by atoms with van der Waals surface area (Å²) in [5.74, 6) is 0.931. The van der Waals surface area contributed by atoms with Crippen molar-refractivity contribution in [2.24, 2.45) is 5.92 Å². The molecule has 1 saturated heterocycles. The molecule has 1 aliphatic heterocycles. The Morgan fingerprint density at radius 2 is 2.35 bits per heavy atom. The van der Waals surface area contributed by atoms with Crippen molar-refractivity contribution in [3.8, 4) is 5.75 Å². The maximum Gasteiger partial charge on any atom is 0.224 e. The van der Waals surface area contributed by atoms with Gasteiger partial charge in [0.2, 0.25) is 5.91 Å². The average Bonchev–Trinajstić information content (AvgIpc) is 2.24. The van der Waals surface area contributed by atoms with Crippen LogP contribution in [0.25, 0.3) is 0 Å². The number of halogens is 1. The maximum absolute atomic E-state index is 11.6. The third-order valence-electron chi connectivity index (χ3n) is 2.62. The molecular formula is C12H14ClNO3. The lowest BCUT2D eigenvalue weighted by Gasteiger charge is -2.25. The van der Waals surface area contributed by atoms with E-state index in [2.05, 4.69) is 5.32 Å². The molecule has 92 valence electrons. The second kappa shape index (κ2) is 5.38. The Morgan fingerprint density at radius 1 is 1.59 bits per heavy atom. The molecule has 1 aliphatic rings. The van der Waals surface area contributed by atoms with E-state index in [4.69, 9.17) is 21.1 Å². The van der Waals surface area contributed by atoms with Crippen molar-refractivity contribution in [2.45, 2.75) is 6.42 Å². The number of carbonyl (C=O) groups excluding carboxylic acids is 1. The molecule has 1 aromatic carbocycles. The molecule has 0 aliphatic carbocycles. The van der Waals surface area contributed by atoms with Gasteiger partial charge in [-0.2, -0.15) is 0 Å². The molecule has 1 fully saturated rings. The van der Waals surface area contributed by atoms with Crippen molar-refractivity contribution < 1.29 is 14.3 Å². The van der Waals surface area contributed by atoms with Crippen LogP contribution in [0.4, 0.5) is 5.69 Å². The Bertz CT molecular complexity index is 418. The minimum absolute atomic E-state index is 0.0143. The zero-order chi connectivity index (χ0) is 12.3. The van der Waals surface area contributed by atoms with Crippen LogP contribution in [0.15, 0.2) is 18.2 Å². The summed E-state index contributed by atoms with van der Waals surface area (Å²) in [6.07, 6.45) is 0.490.